The highest BCUT2D eigenvalue weighted by Gasteiger charge is 2.23. The number of methoxy groups -OCH3 is 2. The molecule has 1 N–H and O–H groups in total. The van der Waals surface area contributed by atoms with Gasteiger partial charge in [0.25, 0.3) is 0 Å². The summed E-state index contributed by atoms with van der Waals surface area (Å²) in [6.07, 6.45) is 0.391. The minimum atomic E-state index is -0.293. The molecule has 0 atom stereocenters. The van der Waals surface area contributed by atoms with Crippen LogP contribution in [0, 0.1) is 6.92 Å². The zero-order valence-corrected chi connectivity index (χ0v) is 15.7. The summed E-state index contributed by atoms with van der Waals surface area (Å²) in [7, 11) is 3.04. The van der Waals surface area contributed by atoms with Crippen LogP contribution in [0.5, 0.6) is 11.5 Å². The van der Waals surface area contributed by atoms with Crippen LogP contribution in [0.25, 0.3) is 11.0 Å². The molecule has 1 heterocycles. The third kappa shape index (κ3) is 3.51. The lowest BCUT2D eigenvalue weighted by Gasteiger charge is -2.08. The Kier molecular flexibility index (Phi) is 5.16. The van der Waals surface area contributed by atoms with Crippen LogP contribution in [0.4, 0.5) is 5.69 Å². The predicted molar refractivity (Wildman–Crippen MR) is 103 cm³/mol. The maximum absolute atomic E-state index is 13.1. The minimum absolute atomic E-state index is 0.0760. The van der Waals surface area contributed by atoms with Gasteiger partial charge >= 0.3 is 0 Å². The number of carbonyl (C=O) groups is 2. The molecule has 0 saturated carbocycles. The molecule has 0 saturated heterocycles. The summed E-state index contributed by atoms with van der Waals surface area (Å²) in [6.45, 7) is 3.60. The average Bonchev–Trinajstić information content (AvgIpc) is 3.03. The van der Waals surface area contributed by atoms with E-state index < -0.39 is 0 Å². The van der Waals surface area contributed by atoms with E-state index >= 15 is 0 Å². The second-order valence-corrected chi connectivity index (χ2v) is 6.06. The molecule has 2 aromatic carbocycles. The van der Waals surface area contributed by atoms with E-state index in [9.17, 15) is 9.59 Å². The molecule has 0 bridgehead atoms. The van der Waals surface area contributed by atoms with Crippen LogP contribution >= 0.6 is 0 Å². The second-order valence-electron chi connectivity index (χ2n) is 6.06. The zero-order chi connectivity index (χ0) is 19.6. The summed E-state index contributed by atoms with van der Waals surface area (Å²) in [6, 6.07) is 10.3. The zero-order valence-electron chi connectivity index (χ0n) is 15.7. The van der Waals surface area contributed by atoms with Crippen molar-refractivity contribution >= 4 is 28.3 Å². The van der Waals surface area contributed by atoms with E-state index in [0.29, 0.717) is 40.3 Å². The summed E-state index contributed by atoms with van der Waals surface area (Å²) in [4.78, 5) is 24.7. The van der Waals surface area contributed by atoms with Gasteiger partial charge in [-0.3, -0.25) is 9.59 Å². The normalized spacial score (nSPS) is 10.7. The topological polar surface area (TPSA) is 77.8 Å². The molecule has 0 spiro atoms. The largest absolute Gasteiger partial charge is 0.497 e. The third-order valence-electron chi connectivity index (χ3n) is 4.40. The number of hydrogen-bond donors (Lipinski definition) is 1. The Morgan fingerprint density at radius 1 is 1.07 bits per heavy atom. The third-order valence-corrected chi connectivity index (χ3v) is 4.40. The Hall–Kier alpha value is -3.28. The van der Waals surface area contributed by atoms with Crippen molar-refractivity contribution in [1.29, 1.82) is 0 Å². The fourth-order valence-corrected chi connectivity index (χ4v) is 2.88. The fraction of sp³-hybridized carbons (Fsp3) is 0.238. The highest BCUT2D eigenvalue weighted by Crippen LogP contribution is 2.32. The Labute approximate surface area is 157 Å². The number of aryl methyl sites for hydroxylation is 1. The lowest BCUT2D eigenvalue weighted by molar-refractivity contribution is -0.115. The van der Waals surface area contributed by atoms with E-state index in [1.165, 1.54) is 14.2 Å². The molecular weight excluding hydrogens is 346 g/mol. The van der Waals surface area contributed by atoms with Gasteiger partial charge in [0.2, 0.25) is 11.7 Å². The van der Waals surface area contributed by atoms with E-state index in [4.69, 9.17) is 13.9 Å². The maximum Gasteiger partial charge on any atom is 0.232 e. The summed E-state index contributed by atoms with van der Waals surface area (Å²) in [5, 5.41) is 3.58. The van der Waals surface area contributed by atoms with Crippen LogP contribution in [0.3, 0.4) is 0 Å². The summed E-state index contributed by atoms with van der Waals surface area (Å²) in [5.74, 6) is 0.857. The molecule has 0 unspecified atom stereocenters. The number of amides is 1. The summed E-state index contributed by atoms with van der Waals surface area (Å²) >= 11 is 0. The van der Waals surface area contributed by atoms with Crippen LogP contribution < -0.4 is 14.8 Å². The maximum atomic E-state index is 13.1. The van der Waals surface area contributed by atoms with Crippen molar-refractivity contribution in [2.45, 2.75) is 20.3 Å². The first-order valence-corrected chi connectivity index (χ1v) is 8.58. The highest BCUT2D eigenvalue weighted by molar-refractivity contribution is 6.12. The fourth-order valence-electron chi connectivity index (χ4n) is 2.88. The quantitative estimate of drug-likeness (QED) is 0.656. The van der Waals surface area contributed by atoms with Crippen molar-refractivity contribution < 1.29 is 23.5 Å². The van der Waals surface area contributed by atoms with Gasteiger partial charge in [-0.2, -0.15) is 0 Å². The Balaban J connectivity index is 2.05. The first-order chi connectivity index (χ1) is 13.0. The number of benzene rings is 2. The van der Waals surface area contributed by atoms with Gasteiger partial charge in [-0.1, -0.05) is 6.92 Å². The Morgan fingerprint density at radius 2 is 1.85 bits per heavy atom. The number of ketones is 1. The van der Waals surface area contributed by atoms with Gasteiger partial charge < -0.3 is 19.2 Å². The molecular formula is C21H21NO5. The first kappa shape index (κ1) is 18.5. The number of furan rings is 1. The standard InChI is InChI=1S/C21H21NO5/c1-5-19(23)22-13-6-8-18-15(10-13)12(2)21(27-18)20(24)16-11-14(25-3)7-9-17(16)26-4/h6-11H,5H2,1-4H3,(H,22,23). The van der Waals surface area contributed by atoms with Crippen molar-refractivity contribution in [2.24, 2.45) is 0 Å². The molecule has 3 rings (SSSR count). The monoisotopic (exact) mass is 367 g/mol. The number of hydrogen-bond acceptors (Lipinski definition) is 5. The lowest BCUT2D eigenvalue weighted by Crippen LogP contribution is -2.09. The van der Waals surface area contributed by atoms with Gasteiger partial charge in [0.05, 0.1) is 19.8 Å². The van der Waals surface area contributed by atoms with E-state index in [0.717, 1.165) is 5.39 Å². The number of anilines is 1. The van der Waals surface area contributed by atoms with E-state index in [-0.39, 0.29) is 17.5 Å². The highest BCUT2D eigenvalue weighted by atomic mass is 16.5. The number of nitrogens with one attached hydrogen (secondary N) is 1. The van der Waals surface area contributed by atoms with E-state index in [1.807, 2.05) is 6.92 Å². The van der Waals surface area contributed by atoms with Crippen molar-refractivity contribution in [1.82, 2.24) is 0 Å². The average molecular weight is 367 g/mol. The summed E-state index contributed by atoms with van der Waals surface area (Å²) in [5.41, 5.74) is 2.30. The van der Waals surface area contributed by atoms with E-state index in [1.54, 1.807) is 43.3 Å². The van der Waals surface area contributed by atoms with Crippen molar-refractivity contribution in [2.75, 3.05) is 19.5 Å². The molecule has 0 radical (unpaired) electrons. The van der Waals surface area contributed by atoms with Gasteiger partial charge in [0, 0.05) is 23.1 Å². The summed E-state index contributed by atoms with van der Waals surface area (Å²) < 4.78 is 16.3. The van der Waals surface area contributed by atoms with Crippen LogP contribution in [0.15, 0.2) is 40.8 Å². The van der Waals surface area contributed by atoms with Crippen LogP contribution in [-0.2, 0) is 4.79 Å². The van der Waals surface area contributed by atoms with Gasteiger partial charge in [0.1, 0.15) is 17.1 Å². The minimum Gasteiger partial charge on any atom is -0.497 e. The smallest absolute Gasteiger partial charge is 0.232 e. The molecule has 0 aliphatic heterocycles. The van der Waals surface area contributed by atoms with Crippen LogP contribution in [0.2, 0.25) is 0 Å². The molecule has 140 valence electrons. The molecule has 0 fully saturated rings. The first-order valence-electron chi connectivity index (χ1n) is 8.58. The van der Waals surface area contributed by atoms with Gasteiger partial charge in [0.15, 0.2) is 5.76 Å². The van der Waals surface area contributed by atoms with E-state index in [2.05, 4.69) is 5.32 Å². The number of rotatable bonds is 6. The molecule has 3 aromatic rings. The van der Waals surface area contributed by atoms with Crippen LogP contribution in [-0.4, -0.2) is 25.9 Å². The second kappa shape index (κ2) is 7.53. The van der Waals surface area contributed by atoms with Crippen molar-refractivity contribution in [3.8, 4) is 11.5 Å². The predicted octanol–water partition coefficient (Wildman–Crippen LogP) is 4.34. The lowest BCUT2D eigenvalue weighted by atomic mass is 10.0. The molecule has 6 heteroatoms. The molecule has 1 aromatic heterocycles. The Bertz CT molecular complexity index is 1020. The SMILES string of the molecule is CCC(=O)Nc1ccc2oc(C(=O)c3cc(OC)ccc3OC)c(C)c2c1. The molecule has 6 nitrogen and oxygen atoms in total. The van der Waals surface area contributed by atoms with Gasteiger partial charge in [-0.25, -0.2) is 0 Å². The van der Waals surface area contributed by atoms with Crippen molar-refractivity contribution in [3.63, 3.8) is 0 Å². The number of fused-ring (bicyclic) bond motifs is 1. The molecule has 27 heavy (non-hydrogen) atoms. The molecule has 1 amide bonds. The Morgan fingerprint density at radius 3 is 2.52 bits per heavy atom. The molecule has 0 aliphatic rings. The molecule has 0 aliphatic carbocycles. The van der Waals surface area contributed by atoms with Gasteiger partial charge in [-0.15, -0.1) is 0 Å². The number of carbonyl (C=O) groups excluding carboxylic acids is 2. The number of ether oxygens (including phenoxy) is 2. The van der Waals surface area contributed by atoms with Gasteiger partial charge in [-0.05, 0) is 43.3 Å². The van der Waals surface area contributed by atoms with Crippen LogP contribution in [0.1, 0.15) is 35.0 Å². The van der Waals surface area contributed by atoms with Crippen molar-refractivity contribution in [3.05, 3.63) is 53.3 Å².